The van der Waals surface area contributed by atoms with Crippen LogP contribution < -0.4 is 15.4 Å². The molecular formula is C20H24N2O3S. The molecule has 0 aliphatic heterocycles. The van der Waals surface area contributed by atoms with Crippen LogP contribution in [-0.4, -0.2) is 31.3 Å². The molecule has 6 heteroatoms. The fourth-order valence-corrected chi connectivity index (χ4v) is 2.66. The van der Waals surface area contributed by atoms with Crippen molar-refractivity contribution < 1.29 is 14.3 Å². The average Bonchev–Trinajstić information content (AvgIpc) is 2.66. The van der Waals surface area contributed by atoms with E-state index in [1.807, 2.05) is 24.3 Å². The number of hydrogen-bond acceptors (Lipinski definition) is 4. The van der Waals surface area contributed by atoms with Crippen molar-refractivity contribution in [2.45, 2.75) is 19.8 Å². The van der Waals surface area contributed by atoms with Gasteiger partial charge in [-0.3, -0.25) is 0 Å². The SMILES string of the molecule is CCOC(=O)c1cccc(NC(=S)NCCCc2cccc(OC)c2)c1. The maximum Gasteiger partial charge on any atom is 0.338 e. The summed E-state index contributed by atoms with van der Waals surface area (Å²) in [6.07, 6.45) is 1.88. The summed E-state index contributed by atoms with van der Waals surface area (Å²) in [5.74, 6) is 0.530. The lowest BCUT2D eigenvalue weighted by molar-refractivity contribution is 0.0526. The first-order chi connectivity index (χ1) is 12.6. The molecule has 0 spiro atoms. The smallest absolute Gasteiger partial charge is 0.338 e. The number of esters is 1. The molecule has 2 aromatic rings. The Bertz CT molecular complexity index is 749. The van der Waals surface area contributed by atoms with Crippen molar-refractivity contribution in [2.24, 2.45) is 0 Å². The van der Waals surface area contributed by atoms with Gasteiger partial charge in [-0.15, -0.1) is 0 Å². The van der Waals surface area contributed by atoms with Crippen molar-refractivity contribution in [2.75, 3.05) is 25.6 Å². The van der Waals surface area contributed by atoms with E-state index < -0.39 is 0 Å². The van der Waals surface area contributed by atoms with Crippen molar-refractivity contribution in [3.05, 3.63) is 59.7 Å². The molecule has 0 aromatic heterocycles. The van der Waals surface area contributed by atoms with Crippen LogP contribution in [0.2, 0.25) is 0 Å². The van der Waals surface area contributed by atoms with Crippen LogP contribution in [0.5, 0.6) is 5.75 Å². The minimum absolute atomic E-state index is 0.340. The summed E-state index contributed by atoms with van der Waals surface area (Å²) in [7, 11) is 1.67. The zero-order chi connectivity index (χ0) is 18.8. The fraction of sp³-hybridized carbons (Fsp3) is 0.300. The van der Waals surface area contributed by atoms with Crippen molar-refractivity contribution in [1.82, 2.24) is 5.32 Å². The van der Waals surface area contributed by atoms with E-state index in [2.05, 4.69) is 16.7 Å². The number of aryl methyl sites for hydroxylation is 1. The van der Waals surface area contributed by atoms with Gasteiger partial charge in [0.1, 0.15) is 5.75 Å². The van der Waals surface area contributed by atoms with Gasteiger partial charge < -0.3 is 20.1 Å². The molecule has 0 saturated heterocycles. The largest absolute Gasteiger partial charge is 0.497 e. The third-order valence-corrected chi connectivity index (χ3v) is 3.94. The first-order valence-corrected chi connectivity index (χ1v) is 8.98. The normalized spacial score (nSPS) is 10.1. The highest BCUT2D eigenvalue weighted by molar-refractivity contribution is 7.80. The van der Waals surface area contributed by atoms with Gasteiger partial charge in [-0.05, 0) is 67.9 Å². The van der Waals surface area contributed by atoms with Gasteiger partial charge in [-0.2, -0.15) is 0 Å². The third-order valence-electron chi connectivity index (χ3n) is 3.69. The second-order valence-corrected chi connectivity index (χ2v) is 6.05. The minimum atomic E-state index is -0.340. The molecule has 2 aromatic carbocycles. The number of benzene rings is 2. The molecule has 138 valence electrons. The molecule has 0 unspecified atom stereocenters. The van der Waals surface area contributed by atoms with Crippen LogP contribution >= 0.6 is 12.2 Å². The number of ether oxygens (including phenoxy) is 2. The van der Waals surface area contributed by atoms with Crippen molar-refractivity contribution >= 4 is 29.0 Å². The second-order valence-electron chi connectivity index (χ2n) is 5.64. The Morgan fingerprint density at radius 1 is 1.15 bits per heavy atom. The van der Waals surface area contributed by atoms with Gasteiger partial charge in [0.2, 0.25) is 0 Å². The van der Waals surface area contributed by atoms with Gasteiger partial charge in [0, 0.05) is 12.2 Å². The number of nitrogens with one attached hydrogen (secondary N) is 2. The monoisotopic (exact) mass is 372 g/mol. The Balaban J connectivity index is 1.76. The molecule has 0 fully saturated rings. The molecule has 0 aliphatic carbocycles. The third kappa shape index (κ3) is 6.37. The number of methoxy groups -OCH3 is 1. The Kier molecular flexibility index (Phi) is 7.89. The van der Waals surface area contributed by atoms with Crippen LogP contribution in [0.25, 0.3) is 0 Å². The lowest BCUT2D eigenvalue weighted by Gasteiger charge is -2.11. The van der Waals surface area contributed by atoms with Gasteiger partial charge in [0.15, 0.2) is 5.11 Å². The highest BCUT2D eigenvalue weighted by Gasteiger charge is 2.07. The predicted molar refractivity (Wildman–Crippen MR) is 108 cm³/mol. The standard InChI is InChI=1S/C20H24N2O3S/c1-3-25-19(23)16-9-5-10-17(14-16)22-20(26)21-12-6-8-15-7-4-11-18(13-15)24-2/h4-5,7,9-11,13-14H,3,6,8,12H2,1-2H3,(H2,21,22,26). The molecule has 5 nitrogen and oxygen atoms in total. The van der Waals surface area contributed by atoms with Gasteiger partial charge in [-0.1, -0.05) is 18.2 Å². The summed E-state index contributed by atoms with van der Waals surface area (Å²) in [6, 6.07) is 15.1. The summed E-state index contributed by atoms with van der Waals surface area (Å²) in [6.45, 7) is 2.88. The molecule has 2 rings (SSSR count). The van der Waals surface area contributed by atoms with Crippen LogP contribution in [0.3, 0.4) is 0 Å². The first kappa shape index (κ1) is 19.7. The highest BCUT2D eigenvalue weighted by Crippen LogP contribution is 2.14. The van der Waals surface area contributed by atoms with Crippen LogP contribution in [0.4, 0.5) is 5.69 Å². The van der Waals surface area contributed by atoms with Crippen LogP contribution in [0.1, 0.15) is 29.3 Å². The van der Waals surface area contributed by atoms with Crippen LogP contribution in [-0.2, 0) is 11.2 Å². The van der Waals surface area contributed by atoms with E-state index in [0.29, 0.717) is 17.3 Å². The average molecular weight is 372 g/mol. The Hall–Kier alpha value is -2.60. The van der Waals surface area contributed by atoms with E-state index in [-0.39, 0.29) is 5.97 Å². The van der Waals surface area contributed by atoms with E-state index in [0.717, 1.165) is 30.8 Å². The number of rotatable bonds is 8. The number of thiocarbonyl (C=S) groups is 1. The molecule has 0 radical (unpaired) electrons. The van der Waals surface area contributed by atoms with E-state index in [1.54, 1.807) is 32.2 Å². The number of carbonyl (C=O) groups excluding carboxylic acids is 1. The lowest BCUT2D eigenvalue weighted by Crippen LogP contribution is -2.29. The topological polar surface area (TPSA) is 59.6 Å². The number of carbonyl (C=O) groups is 1. The molecule has 2 N–H and O–H groups in total. The molecular weight excluding hydrogens is 348 g/mol. The molecule has 0 heterocycles. The molecule has 0 amide bonds. The summed E-state index contributed by atoms with van der Waals surface area (Å²) >= 11 is 5.31. The molecule has 0 saturated carbocycles. The number of anilines is 1. The summed E-state index contributed by atoms with van der Waals surface area (Å²) in [4.78, 5) is 11.8. The van der Waals surface area contributed by atoms with Crippen molar-refractivity contribution in [3.8, 4) is 5.75 Å². The van der Waals surface area contributed by atoms with Crippen LogP contribution in [0, 0.1) is 0 Å². The maximum absolute atomic E-state index is 11.8. The number of hydrogen-bond donors (Lipinski definition) is 2. The van der Waals surface area contributed by atoms with Crippen LogP contribution in [0.15, 0.2) is 48.5 Å². The molecule has 0 atom stereocenters. The van der Waals surface area contributed by atoms with Crippen molar-refractivity contribution in [1.29, 1.82) is 0 Å². The fourth-order valence-electron chi connectivity index (χ4n) is 2.44. The Morgan fingerprint density at radius 2 is 1.96 bits per heavy atom. The molecule has 0 bridgehead atoms. The summed E-state index contributed by atoms with van der Waals surface area (Å²) < 4.78 is 10.2. The Morgan fingerprint density at radius 3 is 2.73 bits per heavy atom. The van der Waals surface area contributed by atoms with Crippen molar-refractivity contribution in [3.63, 3.8) is 0 Å². The first-order valence-electron chi connectivity index (χ1n) is 8.57. The van der Waals surface area contributed by atoms with E-state index in [9.17, 15) is 4.79 Å². The van der Waals surface area contributed by atoms with E-state index in [4.69, 9.17) is 21.7 Å². The highest BCUT2D eigenvalue weighted by atomic mass is 32.1. The maximum atomic E-state index is 11.8. The van der Waals surface area contributed by atoms with E-state index >= 15 is 0 Å². The Labute approximate surface area is 159 Å². The van der Waals surface area contributed by atoms with E-state index in [1.165, 1.54) is 5.56 Å². The lowest BCUT2D eigenvalue weighted by atomic mass is 10.1. The summed E-state index contributed by atoms with van der Waals surface area (Å²) in [5, 5.41) is 6.79. The zero-order valence-corrected chi connectivity index (χ0v) is 15.9. The second kappa shape index (κ2) is 10.4. The van der Waals surface area contributed by atoms with Gasteiger partial charge >= 0.3 is 5.97 Å². The minimum Gasteiger partial charge on any atom is -0.497 e. The zero-order valence-electron chi connectivity index (χ0n) is 15.1. The quantitative estimate of drug-likeness (QED) is 0.418. The molecule has 26 heavy (non-hydrogen) atoms. The predicted octanol–water partition coefficient (Wildman–Crippen LogP) is 3.79. The molecule has 0 aliphatic rings. The van der Waals surface area contributed by atoms with Gasteiger partial charge in [-0.25, -0.2) is 4.79 Å². The van der Waals surface area contributed by atoms with Gasteiger partial charge in [0.25, 0.3) is 0 Å². The summed E-state index contributed by atoms with van der Waals surface area (Å²) in [5.41, 5.74) is 2.48. The van der Waals surface area contributed by atoms with Gasteiger partial charge in [0.05, 0.1) is 19.3 Å².